The van der Waals surface area contributed by atoms with Gasteiger partial charge >= 0.3 is 0 Å². The van der Waals surface area contributed by atoms with E-state index in [1.165, 1.54) is 6.26 Å². The topological polar surface area (TPSA) is 68.3 Å². The fourth-order valence-electron chi connectivity index (χ4n) is 2.45. The van der Waals surface area contributed by atoms with E-state index in [0.29, 0.717) is 19.0 Å². The normalized spacial score (nSPS) is 11.1. The molecule has 1 aromatic heterocycles. The van der Waals surface area contributed by atoms with Gasteiger partial charge in [-0.1, -0.05) is 42.5 Å². The van der Waals surface area contributed by atoms with Crippen LogP contribution in [-0.2, 0) is 23.0 Å². The lowest BCUT2D eigenvalue weighted by molar-refractivity contribution is 0.306. The summed E-state index contributed by atoms with van der Waals surface area (Å²) in [7, 11) is -3.32. The third kappa shape index (κ3) is 4.83. The Bertz CT molecular complexity index is 956. The lowest BCUT2D eigenvalue weighted by Crippen LogP contribution is -2.08. The fraction of sp³-hybridized carbons (Fsp3) is 0.150. The molecule has 0 aliphatic heterocycles. The third-order valence-corrected chi connectivity index (χ3v) is 4.93. The summed E-state index contributed by atoms with van der Waals surface area (Å²) in [6.45, 7) is 0.982. The molecule has 5 nitrogen and oxygen atoms in total. The molecule has 0 fully saturated rings. The van der Waals surface area contributed by atoms with E-state index < -0.39 is 9.84 Å². The van der Waals surface area contributed by atoms with Gasteiger partial charge in [-0.05, 0) is 35.4 Å². The number of para-hydroxylation sites is 1. The SMILES string of the molecule is CS(=O)(=O)c1cccnc1NCc1ccc(COc2ccccc2)cc1. The van der Waals surface area contributed by atoms with E-state index >= 15 is 0 Å². The highest BCUT2D eigenvalue weighted by Gasteiger charge is 2.13. The Morgan fingerprint density at radius 2 is 1.62 bits per heavy atom. The minimum Gasteiger partial charge on any atom is -0.489 e. The minimum atomic E-state index is -3.32. The number of anilines is 1. The van der Waals surface area contributed by atoms with Crippen molar-refractivity contribution >= 4 is 15.7 Å². The van der Waals surface area contributed by atoms with E-state index in [0.717, 1.165) is 16.9 Å². The second-order valence-electron chi connectivity index (χ2n) is 5.89. The lowest BCUT2D eigenvalue weighted by Gasteiger charge is -2.10. The molecule has 1 heterocycles. The Morgan fingerprint density at radius 1 is 0.923 bits per heavy atom. The molecule has 1 N–H and O–H groups in total. The fourth-order valence-corrected chi connectivity index (χ4v) is 3.25. The van der Waals surface area contributed by atoms with Crippen molar-refractivity contribution in [2.75, 3.05) is 11.6 Å². The quantitative estimate of drug-likeness (QED) is 0.689. The number of sulfone groups is 1. The van der Waals surface area contributed by atoms with E-state index in [1.807, 2.05) is 54.6 Å². The lowest BCUT2D eigenvalue weighted by atomic mass is 10.1. The Kier molecular flexibility index (Phi) is 5.53. The molecule has 0 spiro atoms. The largest absolute Gasteiger partial charge is 0.489 e. The Morgan fingerprint density at radius 3 is 2.31 bits per heavy atom. The van der Waals surface area contributed by atoms with Gasteiger partial charge in [-0.2, -0.15) is 0 Å². The van der Waals surface area contributed by atoms with Crippen LogP contribution in [0.15, 0.2) is 77.8 Å². The van der Waals surface area contributed by atoms with Crippen molar-refractivity contribution < 1.29 is 13.2 Å². The maximum absolute atomic E-state index is 11.8. The van der Waals surface area contributed by atoms with Crippen LogP contribution in [0, 0.1) is 0 Å². The number of benzene rings is 2. The Labute approximate surface area is 153 Å². The van der Waals surface area contributed by atoms with Gasteiger partial charge < -0.3 is 10.1 Å². The first-order chi connectivity index (χ1) is 12.5. The van der Waals surface area contributed by atoms with E-state index in [9.17, 15) is 8.42 Å². The second kappa shape index (κ2) is 8.01. The number of nitrogens with zero attached hydrogens (tertiary/aromatic N) is 1. The molecule has 134 valence electrons. The smallest absolute Gasteiger partial charge is 0.179 e. The zero-order valence-corrected chi connectivity index (χ0v) is 15.2. The molecule has 0 saturated heterocycles. The van der Waals surface area contributed by atoms with Crippen LogP contribution < -0.4 is 10.1 Å². The van der Waals surface area contributed by atoms with Crippen LogP contribution >= 0.6 is 0 Å². The van der Waals surface area contributed by atoms with E-state index in [2.05, 4.69) is 10.3 Å². The van der Waals surface area contributed by atoms with Crippen LogP contribution in [0.25, 0.3) is 0 Å². The van der Waals surface area contributed by atoms with E-state index in [4.69, 9.17) is 4.74 Å². The molecular weight excluding hydrogens is 348 g/mol. The molecule has 0 aliphatic carbocycles. The first kappa shape index (κ1) is 17.9. The average Bonchev–Trinajstić information content (AvgIpc) is 2.66. The zero-order valence-electron chi connectivity index (χ0n) is 14.4. The van der Waals surface area contributed by atoms with Crippen molar-refractivity contribution in [1.82, 2.24) is 4.98 Å². The Balaban J connectivity index is 1.60. The van der Waals surface area contributed by atoms with Crippen LogP contribution in [0.1, 0.15) is 11.1 Å². The van der Waals surface area contributed by atoms with Gasteiger partial charge in [-0.3, -0.25) is 0 Å². The van der Waals surface area contributed by atoms with Crippen LogP contribution in [0.4, 0.5) is 5.82 Å². The molecule has 0 atom stereocenters. The summed E-state index contributed by atoms with van der Waals surface area (Å²) in [5, 5.41) is 3.09. The van der Waals surface area contributed by atoms with Gasteiger partial charge in [0.05, 0.1) is 0 Å². The maximum Gasteiger partial charge on any atom is 0.179 e. The summed E-state index contributed by atoms with van der Waals surface area (Å²) in [4.78, 5) is 4.33. The summed E-state index contributed by atoms with van der Waals surface area (Å²) in [6, 6.07) is 20.8. The highest BCUT2D eigenvalue weighted by atomic mass is 32.2. The van der Waals surface area contributed by atoms with Crippen LogP contribution in [0.2, 0.25) is 0 Å². The van der Waals surface area contributed by atoms with Crippen LogP contribution in [0.3, 0.4) is 0 Å². The summed E-state index contributed by atoms with van der Waals surface area (Å²) in [6.07, 6.45) is 2.75. The summed E-state index contributed by atoms with van der Waals surface area (Å²) in [5.41, 5.74) is 2.09. The van der Waals surface area contributed by atoms with Crippen molar-refractivity contribution in [2.45, 2.75) is 18.0 Å². The van der Waals surface area contributed by atoms with E-state index in [1.54, 1.807) is 18.3 Å². The molecular formula is C20H20N2O3S. The van der Waals surface area contributed by atoms with Crippen molar-refractivity contribution in [1.29, 1.82) is 0 Å². The summed E-state index contributed by atoms with van der Waals surface area (Å²) < 4.78 is 29.3. The number of hydrogen-bond donors (Lipinski definition) is 1. The standard InChI is InChI=1S/C20H20N2O3S/c1-26(23,24)19-8-5-13-21-20(19)22-14-16-9-11-17(12-10-16)15-25-18-6-3-2-4-7-18/h2-13H,14-15H2,1H3,(H,21,22). The van der Waals surface area contributed by atoms with Crippen molar-refractivity contribution in [2.24, 2.45) is 0 Å². The van der Waals surface area contributed by atoms with Gasteiger partial charge in [0, 0.05) is 19.0 Å². The molecule has 2 aromatic carbocycles. The highest BCUT2D eigenvalue weighted by Crippen LogP contribution is 2.19. The highest BCUT2D eigenvalue weighted by molar-refractivity contribution is 7.90. The first-order valence-electron chi connectivity index (χ1n) is 8.17. The predicted octanol–water partition coefficient (Wildman–Crippen LogP) is 3.68. The molecule has 0 radical (unpaired) electrons. The molecule has 0 bridgehead atoms. The number of aromatic nitrogens is 1. The molecule has 0 unspecified atom stereocenters. The van der Waals surface area contributed by atoms with Gasteiger partial charge in [0.1, 0.15) is 23.1 Å². The number of rotatable bonds is 7. The van der Waals surface area contributed by atoms with Crippen LogP contribution in [0.5, 0.6) is 5.75 Å². The van der Waals surface area contributed by atoms with Gasteiger partial charge in [0.2, 0.25) is 0 Å². The molecule has 26 heavy (non-hydrogen) atoms. The summed E-state index contributed by atoms with van der Waals surface area (Å²) >= 11 is 0. The molecule has 6 heteroatoms. The van der Waals surface area contributed by atoms with Gasteiger partial charge in [-0.15, -0.1) is 0 Å². The number of ether oxygens (including phenoxy) is 1. The first-order valence-corrected chi connectivity index (χ1v) is 10.1. The van der Waals surface area contributed by atoms with Gasteiger partial charge in [0.25, 0.3) is 0 Å². The minimum absolute atomic E-state index is 0.202. The van der Waals surface area contributed by atoms with Crippen molar-refractivity contribution in [3.63, 3.8) is 0 Å². The van der Waals surface area contributed by atoms with Crippen molar-refractivity contribution in [3.8, 4) is 5.75 Å². The van der Waals surface area contributed by atoms with E-state index in [-0.39, 0.29) is 4.90 Å². The summed E-state index contributed by atoms with van der Waals surface area (Å²) in [5.74, 6) is 1.20. The average molecular weight is 368 g/mol. The third-order valence-electron chi connectivity index (χ3n) is 3.80. The molecule has 3 aromatic rings. The predicted molar refractivity (Wildman–Crippen MR) is 102 cm³/mol. The van der Waals surface area contributed by atoms with Crippen molar-refractivity contribution in [3.05, 3.63) is 84.1 Å². The molecule has 0 saturated carbocycles. The van der Waals surface area contributed by atoms with Gasteiger partial charge in [-0.25, -0.2) is 13.4 Å². The van der Waals surface area contributed by atoms with Crippen LogP contribution in [-0.4, -0.2) is 19.7 Å². The maximum atomic E-state index is 11.8. The molecule has 0 aliphatic rings. The zero-order chi connectivity index (χ0) is 18.4. The number of nitrogens with one attached hydrogen (secondary N) is 1. The molecule has 3 rings (SSSR count). The number of pyridine rings is 1. The Hall–Kier alpha value is -2.86. The number of hydrogen-bond acceptors (Lipinski definition) is 5. The molecule has 0 amide bonds. The van der Waals surface area contributed by atoms with Gasteiger partial charge in [0.15, 0.2) is 9.84 Å². The monoisotopic (exact) mass is 368 g/mol. The second-order valence-corrected chi connectivity index (χ2v) is 7.88.